The molecule has 226 valence electrons. The zero-order valence-corrected chi connectivity index (χ0v) is 24.8. The summed E-state index contributed by atoms with van der Waals surface area (Å²) in [4.78, 5) is 2.36. The Labute approximate surface area is 249 Å². The normalized spacial score (nSPS) is 20.2. The summed E-state index contributed by atoms with van der Waals surface area (Å²) in [5.74, 6) is 1.56. The van der Waals surface area contributed by atoms with Crippen LogP contribution in [0.2, 0.25) is 0 Å². The van der Waals surface area contributed by atoms with Crippen molar-refractivity contribution in [3.63, 3.8) is 0 Å². The van der Waals surface area contributed by atoms with E-state index in [1.165, 1.54) is 11.1 Å². The number of anilines is 1. The third-order valence-electron chi connectivity index (χ3n) is 8.02. The summed E-state index contributed by atoms with van der Waals surface area (Å²) < 4.78 is 29.3. The van der Waals surface area contributed by atoms with Gasteiger partial charge in [0, 0.05) is 39.3 Å². The van der Waals surface area contributed by atoms with Gasteiger partial charge in [0.05, 0.1) is 44.3 Å². The van der Waals surface area contributed by atoms with Gasteiger partial charge in [-0.2, -0.15) is 0 Å². The maximum absolute atomic E-state index is 10.9. The number of aliphatic hydroxyl groups is 1. The first kappa shape index (κ1) is 30.3. The summed E-state index contributed by atoms with van der Waals surface area (Å²) in [5.41, 5.74) is 5.66. The second kappa shape index (κ2) is 15.4. The van der Waals surface area contributed by atoms with Gasteiger partial charge in [0.1, 0.15) is 24.7 Å². The lowest BCUT2D eigenvalue weighted by Crippen LogP contribution is -2.49. The molecule has 3 aromatic carbocycles. The topological polar surface area (TPSA) is 81.7 Å². The number of nitrogens with zero attached hydrogens (tertiary/aromatic N) is 1. The molecule has 0 spiro atoms. The van der Waals surface area contributed by atoms with Crippen molar-refractivity contribution in [3.8, 4) is 11.5 Å². The molecule has 0 bridgehead atoms. The van der Waals surface area contributed by atoms with E-state index in [0.717, 1.165) is 54.4 Å². The fraction of sp³-hybridized carbons (Fsp3) is 0.471. The van der Waals surface area contributed by atoms with Gasteiger partial charge in [0.25, 0.3) is 0 Å². The monoisotopic (exact) mass is 576 g/mol. The highest BCUT2D eigenvalue weighted by Crippen LogP contribution is 2.34. The number of ether oxygens (including phenoxy) is 5. The van der Waals surface area contributed by atoms with Gasteiger partial charge in [-0.05, 0) is 59.9 Å². The van der Waals surface area contributed by atoms with Crippen LogP contribution in [-0.2, 0) is 27.4 Å². The van der Waals surface area contributed by atoms with Crippen LogP contribution >= 0.6 is 0 Å². The number of hydrogen-bond donors (Lipinski definition) is 2. The van der Waals surface area contributed by atoms with E-state index in [9.17, 15) is 5.11 Å². The molecular formula is C34H44N2O6. The van der Waals surface area contributed by atoms with Gasteiger partial charge in [0.15, 0.2) is 0 Å². The number of fused-ring (bicyclic) bond motifs is 1. The molecule has 2 aliphatic rings. The smallest absolute Gasteiger partial charge is 0.142 e. The lowest BCUT2D eigenvalue weighted by Gasteiger charge is -2.36. The predicted octanol–water partition coefficient (Wildman–Crippen LogP) is 4.46. The van der Waals surface area contributed by atoms with Crippen molar-refractivity contribution in [1.29, 1.82) is 0 Å². The Balaban J connectivity index is 1.14. The van der Waals surface area contributed by atoms with Crippen LogP contribution in [0, 0.1) is 6.92 Å². The van der Waals surface area contributed by atoms with E-state index in [4.69, 9.17) is 23.7 Å². The number of β-amino-alcohol motifs (C(OH)–C–C–N with tert-alkyl or cyclic N) is 1. The van der Waals surface area contributed by atoms with Crippen molar-refractivity contribution in [3.05, 3.63) is 89.0 Å². The minimum atomic E-state index is -0.543. The molecule has 0 amide bonds. The van der Waals surface area contributed by atoms with E-state index in [2.05, 4.69) is 41.4 Å². The van der Waals surface area contributed by atoms with Crippen LogP contribution in [-0.4, -0.2) is 77.0 Å². The maximum Gasteiger partial charge on any atom is 0.142 e. The highest BCUT2D eigenvalue weighted by atomic mass is 16.5. The Bertz CT molecular complexity index is 1250. The summed E-state index contributed by atoms with van der Waals surface area (Å²) in [7, 11) is 1.74. The van der Waals surface area contributed by atoms with Gasteiger partial charge in [-0.25, -0.2) is 0 Å². The molecule has 8 nitrogen and oxygen atoms in total. The molecule has 2 heterocycles. The third kappa shape index (κ3) is 8.02. The molecule has 5 rings (SSSR count). The highest BCUT2D eigenvalue weighted by molar-refractivity contribution is 5.61. The van der Waals surface area contributed by atoms with Gasteiger partial charge in [0.2, 0.25) is 0 Å². The summed E-state index contributed by atoms with van der Waals surface area (Å²) in [5, 5.41) is 14.3. The van der Waals surface area contributed by atoms with Crippen molar-refractivity contribution < 1.29 is 28.8 Å². The number of nitrogens with one attached hydrogen (secondary N) is 1. The lowest BCUT2D eigenvalue weighted by atomic mass is 9.85. The number of aryl methyl sites for hydroxylation is 1. The Morgan fingerprint density at radius 3 is 2.67 bits per heavy atom. The van der Waals surface area contributed by atoms with Crippen LogP contribution < -0.4 is 19.7 Å². The van der Waals surface area contributed by atoms with Crippen LogP contribution in [0.1, 0.15) is 34.6 Å². The van der Waals surface area contributed by atoms with Crippen molar-refractivity contribution in [2.45, 2.75) is 44.7 Å². The molecule has 2 aliphatic heterocycles. The molecule has 8 heteroatoms. The molecule has 0 saturated carbocycles. The zero-order chi connectivity index (χ0) is 29.1. The average molecular weight is 577 g/mol. The van der Waals surface area contributed by atoms with Crippen LogP contribution in [0.15, 0.2) is 66.7 Å². The zero-order valence-electron chi connectivity index (χ0n) is 24.8. The molecule has 0 aromatic heterocycles. The fourth-order valence-electron chi connectivity index (χ4n) is 5.68. The standard InChI is InChI=1S/C34H44N2O6/c1-25-6-3-4-7-28(25)24-39-18-19-40-29-11-9-27(10-12-29)34-31(37)21-35-22-33(34)42-23-26-8-13-32-30(20-26)36(15-17-41-32)14-5-16-38-2/h3-4,6-13,20,31,33-35,37H,5,14-19,21-24H2,1-2H3/t31-,33+,34+/m1/s1. The van der Waals surface area contributed by atoms with E-state index >= 15 is 0 Å². The predicted molar refractivity (Wildman–Crippen MR) is 164 cm³/mol. The quantitative estimate of drug-likeness (QED) is 0.273. The second-order valence-corrected chi connectivity index (χ2v) is 11.0. The number of aliphatic hydroxyl groups excluding tert-OH is 1. The first-order valence-electron chi connectivity index (χ1n) is 15.0. The number of benzene rings is 3. The molecule has 0 radical (unpaired) electrons. The molecule has 3 atom stereocenters. The van der Waals surface area contributed by atoms with E-state index in [-0.39, 0.29) is 12.0 Å². The minimum Gasteiger partial charge on any atom is -0.491 e. The Morgan fingerprint density at radius 2 is 1.83 bits per heavy atom. The number of rotatable bonds is 14. The molecular weight excluding hydrogens is 532 g/mol. The largest absolute Gasteiger partial charge is 0.491 e. The average Bonchev–Trinajstić information content (AvgIpc) is 3.01. The van der Waals surface area contributed by atoms with Crippen molar-refractivity contribution in [2.75, 3.05) is 64.6 Å². The first-order valence-corrected chi connectivity index (χ1v) is 15.0. The Morgan fingerprint density at radius 1 is 0.976 bits per heavy atom. The highest BCUT2D eigenvalue weighted by Gasteiger charge is 2.34. The molecule has 3 aromatic rings. The van der Waals surface area contributed by atoms with Gasteiger partial charge in [-0.15, -0.1) is 0 Å². The van der Waals surface area contributed by atoms with Gasteiger partial charge in [-0.3, -0.25) is 0 Å². The van der Waals surface area contributed by atoms with E-state index in [1.54, 1.807) is 7.11 Å². The number of piperidine rings is 1. The molecule has 0 aliphatic carbocycles. The van der Waals surface area contributed by atoms with Crippen LogP contribution in [0.3, 0.4) is 0 Å². The number of hydrogen-bond acceptors (Lipinski definition) is 8. The lowest BCUT2D eigenvalue weighted by molar-refractivity contribution is -0.0328. The molecule has 0 unspecified atom stereocenters. The fourth-order valence-corrected chi connectivity index (χ4v) is 5.68. The Kier molecular flexibility index (Phi) is 11.1. The van der Waals surface area contributed by atoms with Crippen LogP contribution in [0.25, 0.3) is 0 Å². The van der Waals surface area contributed by atoms with Crippen molar-refractivity contribution in [1.82, 2.24) is 5.32 Å². The van der Waals surface area contributed by atoms with Crippen LogP contribution in [0.5, 0.6) is 11.5 Å². The minimum absolute atomic E-state index is 0.135. The first-order chi connectivity index (χ1) is 20.6. The molecule has 42 heavy (non-hydrogen) atoms. The summed E-state index contributed by atoms with van der Waals surface area (Å²) in [6.07, 6.45) is 0.259. The van der Waals surface area contributed by atoms with Crippen LogP contribution in [0.4, 0.5) is 5.69 Å². The van der Waals surface area contributed by atoms with Crippen molar-refractivity contribution >= 4 is 5.69 Å². The molecule has 1 fully saturated rings. The van der Waals surface area contributed by atoms with E-state index < -0.39 is 6.10 Å². The van der Waals surface area contributed by atoms with Gasteiger partial charge in [-0.1, -0.05) is 42.5 Å². The molecule has 1 saturated heterocycles. The Hall–Kier alpha value is -3.14. The van der Waals surface area contributed by atoms with Gasteiger partial charge >= 0.3 is 0 Å². The third-order valence-corrected chi connectivity index (χ3v) is 8.02. The van der Waals surface area contributed by atoms with Gasteiger partial charge < -0.3 is 39.0 Å². The van der Waals surface area contributed by atoms with Crippen molar-refractivity contribution in [2.24, 2.45) is 0 Å². The maximum atomic E-state index is 10.9. The van der Waals surface area contributed by atoms with E-state index in [0.29, 0.717) is 46.1 Å². The summed E-state index contributed by atoms with van der Waals surface area (Å²) in [6.45, 7) is 8.54. The van der Waals surface area contributed by atoms with E-state index in [1.807, 2.05) is 42.5 Å². The summed E-state index contributed by atoms with van der Waals surface area (Å²) in [6, 6.07) is 22.5. The molecule has 2 N–H and O–H groups in total. The number of methoxy groups -OCH3 is 1. The summed E-state index contributed by atoms with van der Waals surface area (Å²) >= 11 is 0. The SMILES string of the molecule is COCCCN1CCOc2ccc(CO[C@H]3CNC[C@@H](O)[C@@H]3c3ccc(OCCOCc4ccccc4C)cc3)cc21. The second-order valence-electron chi connectivity index (χ2n) is 11.0.